The molecule has 0 bridgehead atoms. The number of rotatable bonds is 9. The van der Waals surface area contributed by atoms with Crippen LogP contribution in [0.15, 0.2) is 78.0 Å². The van der Waals surface area contributed by atoms with E-state index in [0.29, 0.717) is 30.0 Å². The number of esters is 1. The fourth-order valence-corrected chi connectivity index (χ4v) is 4.36. The number of aromatic nitrogens is 2. The molecule has 0 aliphatic rings. The van der Waals surface area contributed by atoms with Crippen molar-refractivity contribution < 1.29 is 23.0 Å². The molecule has 33 heavy (non-hydrogen) atoms. The van der Waals surface area contributed by atoms with Crippen LogP contribution >= 0.6 is 11.8 Å². The highest BCUT2D eigenvalue weighted by atomic mass is 32.2. The summed E-state index contributed by atoms with van der Waals surface area (Å²) >= 11 is 1.54. The first-order chi connectivity index (χ1) is 16.0. The van der Waals surface area contributed by atoms with E-state index in [4.69, 9.17) is 9.72 Å². The molecule has 170 valence electrons. The monoisotopic (exact) mass is 468 g/mol. The fraction of sp³-hybridized carbons (Fsp3) is 0.200. The van der Waals surface area contributed by atoms with Crippen LogP contribution in [0.3, 0.4) is 0 Å². The van der Waals surface area contributed by atoms with Gasteiger partial charge in [-0.25, -0.2) is 9.78 Å². The van der Waals surface area contributed by atoms with Crippen LogP contribution < -0.4 is 4.74 Å². The van der Waals surface area contributed by atoms with Crippen LogP contribution in [0.25, 0.3) is 11.0 Å². The summed E-state index contributed by atoms with van der Waals surface area (Å²) in [7, 11) is 0. The van der Waals surface area contributed by atoms with Gasteiger partial charge in [-0.2, -0.15) is 8.78 Å². The fourth-order valence-electron chi connectivity index (χ4n) is 3.39. The number of thioether (sulfide) groups is 1. The molecule has 0 spiro atoms. The molecule has 0 saturated heterocycles. The van der Waals surface area contributed by atoms with Gasteiger partial charge in [-0.15, -0.1) is 0 Å². The lowest BCUT2D eigenvalue weighted by atomic mass is 10.2. The van der Waals surface area contributed by atoms with E-state index in [1.54, 1.807) is 31.2 Å². The van der Waals surface area contributed by atoms with E-state index in [0.717, 1.165) is 21.8 Å². The Morgan fingerprint density at radius 1 is 1.03 bits per heavy atom. The molecule has 0 N–H and O–H groups in total. The summed E-state index contributed by atoms with van der Waals surface area (Å²) in [5, 5.41) is 0.794. The van der Waals surface area contributed by atoms with Crippen LogP contribution in [0, 0.1) is 0 Å². The zero-order valence-electron chi connectivity index (χ0n) is 17.9. The number of hydrogen-bond acceptors (Lipinski definition) is 5. The van der Waals surface area contributed by atoms with E-state index in [1.165, 1.54) is 23.9 Å². The first-order valence-corrected chi connectivity index (χ1v) is 11.4. The molecular weight excluding hydrogens is 446 g/mol. The molecule has 0 fully saturated rings. The highest BCUT2D eigenvalue weighted by Crippen LogP contribution is 2.29. The summed E-state index contributed by atoms with van der Waals surface area (Å²) in [4.78, 5) is 16.9. The predicted molar refractivity (Wildman–Crippen MR) is 124 cm³/mol. The number of halogens is 2. The van der Waals surface area contributed by atoms with Gasteiger partial charge in [0.15, 0.2) is 5.16 Å². The lowest BCUT2D eigenvalue weighted by molar-refractivity contribution is -0.0498. The van der Waals surface area contributed by atoms with E-state index in [9.17, 15) is 13.6 Å². The summed E-state index contributed by atoms with van der Waals surface area (Å²) in [5.74, 6) is 0.344. The van der Waals surface area contributed by atoms with Gasteiger partial charge in [0, 0.05) is 5.75 Å². The normalized spacial score (nSPS) is 11.2. The third-order valence-electron chi connectivity index (χ3n) is 4.92. The highest BCUT2D eigenvalue weighted by molar-refractivity contribution is 7.98. The Morgan fingerprint density at radius 2 is 1.79 bits per heavy atom. The van der Waals surface area contributed by atoms with Crippen LogP contribution in [0.2, 0.25) is 0 Å². The molecule has 0 aliphatic heterocycles. The maximum atomic E-state index is 12.4. The molecule has 0 atom stereocenters. The van der Waals surface area contributed by atoms with E-state index in [2.05, 4.69) is 21.4 Å². The minimum absolute atomic E-state index is 0.126. The van der Waals surface area contributed by atoms with Crippen molar-refractivity contribution in [3.63, 3.8) is 0 Å². The van der Waals surface area contributed by atoms with Crippen molar-refractivity contribution in [1.82, 2.24) is 9.55 Å². The van der Waals surface area contributed by atoms with Gasteiger partial charge in [-0.05, 0) is 48.4 Å². The molecule has 5 nitrogen and oxygen atoms in total. The van der Waals surface area contributed by atoms with Gasteiger partial charge >= 0.3 is 12.6 Å². The first-order valence-electron chi connectivity index (χ1n) is 10.4. The van der Waals surface area contributed by atoms with Crippen LogP contribution in [0.1, 0.15) is 28.4 Å². The third-order valence-corrected chi connectivity index (χ3v) is 5.97. The second kappa shape index (κ2) is 10.5. The van der Waals surface area contributed by atoms with E-state index in [1.807, 2.05) is 24.3 Å². The number of alkyl halides is 2. The lowest BCUT2D eigenvalue weighted by Crippen LogP contribution is -2.04. The van der Waals surface area contributed by atoms with E-state index in [-0.39, 0.29) is 11.7 Å². The second-order valence-electron chi connectivity index (χ2n) is 7.20. The Labute approximate surface area is 194 Å². The highest BCUT2D eigenvalue weighted by Gasteiger charge is 2.15. The topological polar surface area (TPSA) is 53.4 Å². The maximum absolute atomic E-state index is 12.4. The SMILES string of the molecule is CCOC(=O)c1ccc2c(c1)nc(SCc1ccc(OC(F)F)cc1)n2Cc1ccccc1. The predicted octanol–water partition coefficient (Wildman–Crippen LogP) is 6.16. The van der Waals surface area contributed by atoms with Crippen molar-refractivity contribution in [3.8, 4) is 5.75 Å². The number of fused-ring (bicyclic) bond motifs is 1. The van der Waals surface area contributed by atoms with Gasteiger partial charge in [0.2, 0.25) is 0 Å². The summed E-state index contributed by atoms with van der Waals surface area (Å²) in [6.07, 6.45) is 0. The zero-order chi connectivity index (χ0) is 23.2. The Kier molecular flexibility index (Phi) is 7.24. The smallest absolute Gasteiger partial charge is 0.387 e. The Balaban J connectivity index is 1.61. The minimum Gasteiger partial charge on any atom is -0.462 e. The van der Waals surface area contributed by atoms with E-state index >= 15 is 0 Å². The van der Waals surface area contributed by atoms with Gasteiger partial charge in [-0.3, -0.25) is 0 Å². The average Bonchev–Trinajstić information content (AvgIpc) is 3.15. The molecule has 0 unspecified atom stereocenters. The molecule has 0 aliphatic carbocycles. The summed E-state index contributed by atoms with van der Waals surface area (Å²) < 4.78 is 36.4. The van der Waals surface area contributed by atoms with Crippen molar-refractivity contribution in [2.45, 2.75) is 31.0 Å². The number of ether oxygens (including phenoxy) is 2. The van der Waals surface area contributed by atoms with Crippen molar-refractivity contribution in [1.29, 1.82) is 0 Å². The molecule has 8 heteroatoms. The van der Waals surface area contributed by atoms with Gasteiger partial charge in [-0.1, -0.05) is 54.2 Å². The summed E-state index contributed by atoms with van der Waals surface area (Å²) in [5.41, 5.74) is 4.16. The number of carbonyl (C=O) groups is 1. The summed E-state index contributed by atoms with van der Waals surface area (Å²) in [6.45, 7) is -0.143. The number of imidazole rings is 1. The number of benzene rings is 3. The molecule has 3 aromatic carbocycles. The quantitative estimate of drug-likeness (QED) is 0.218. The van der Waals surface area contributed by atoms with Crippen LogP contribution in [0.4, 0.5) is 8.78 Å². The number of hydrogen-bond donors (Lipinski definition) is 0. The van der Waals surface area contributed by atoms with Crippen LogP contribution in [-0.2, 0) is 17.0 Å². The van der Waals surface area contributed by atoms with Gasteiger partial charge < -0.3 is 14.0 Å². The molecule has 0 amide bonds. The van der Waals surface area contributed by atoms with Crippen LogP contribution in [-0.4, -0.2) is 28.7 Å². The van der Waals surface area contributed by atoms with E-state index < -0.39 is 6.61 Å². The number of carbonyl (C=O) groups excluding carboxylic acids is 1. The van der Waals surface area contributed by atoms with Crippen molar-refractivity contribution >= 4 is 28.8 Å². The minimum atomic E-state index is -2.84. The molecule has 4 rings (SSSR count). The molecular formula is C25H22F2N2O3S. The first kappa shape index (κ1) is 22.8. The molecule has 1 aromatic heterocycles. The lowest BCUT2D eigenvalue weighted by Gasteiger charge is -2.10. The number of nitrogens with zero attached hydrogens (tertiary/aromatic N) is 2. The average molecular weight is 469 g/mol. The maximum Gasteiger partial charge on any atom is 0.387 e. The van der Waals surface area contributed by atoms with Gasteiger partial charge in [0.1, 0.15) is 5.75 Å². The third kappa shape index (κ3) is 5.70. The standard InChI is InChI=1S/C25H22F2N2O3S/c1-2-31-23(30)19-10-13-22-21(14-19)28-25(29(22)15-17-6-4-3-5-7-17)33-16-18-8-11-20(12-9-18)32-24(26)27/h3-14,24H,2,15-16H2,1H3. The molecule has 1 heterocycles. The van der Waals surface area contributed by atoms with Crippen molar-refractivity contribution in [3.05, 3.63) is 89.5 Å². The summed E-state index contributed by atoms with van der Waals surface area (Å²) in [6, 6.07) is 22.0. The zero-order valence-corrected chi connectivity index (χ0v) is 18.7. The van der Waals surface area contributed by atoms with Gasteiger partial charge in [0.05, 0.1) is 29.7 Å². The Bertz CT molecular complexity index is 1230. The second-order valence-corrected chi connectivity index (χ2v) is 8.14. The largest absolute Gasteiger partial charge is 0.462 e. The molecule has 4 aromatic rings. The molecule has 0 saturated carbocycles. The molecule has 0 radical (unpaired) electrons. The Hall–Kier alpha value is -3.39. The van der Waals surface area contributed by atoms with Crippen molar-refractivity contribution in [2.24, 2.45) is 0 Å². The van der Waals surface area contributed by atoms with Gasteiger partial charge in [0.25, 0.3) is 0 Å². The Morgan fingerprint density at radius 3 is 2.48 bits per heavy atom. The van der Waals surface area contributed by atoms with Crippen molar-refractivity contribution in [2.75, 3.05) is 6.61 Å². The van der Waals surface area contributed by atoms with Crippen LogP contribution in [0.5, 0.6) is 5.75 Å².